The van der Waals surface area contributed by atoms with E-state index in [0.29, 0.717) is 5.69 Å². The van der Waals surface area contributed by atoms with Crippen molar-refractivity contribution in [2.45, 2.75) is 58.3 Å². The summed E-state index contributed by atoms with van der Waals surface area (Å²) in [5.41, 5.74) is 3.49. The average Bonchev–Trinajstić information content (AvgIpc) is 2.91. The molecule has 1 saturated heterocycles. The third-order valence-electron chi connectivity index (χ3n) is 4.86. The number of fused-ring (bicyclic) bond motifs is 1. The van der Waals surface area contributed by atoms with Gasteiger partial charge in [0, 0.05) is 5.46 Å². The van der Waals surface area contributed by atoms with Gasteiger partial charge in [-0.2, -0.15) is 0 Å². The van der Waals surface area contributed by atoms with Crippen molar-refractivity contribution in [1.29, 1.82) is 0 Å². The smallest absolute Gasteiger partial charge is 0.399 e. The number of rotatable bonds is 3. The van der Waals surface area contributed by atoms with Gasteiger partial charge < -0.3 is 19.8 Å². The molecular formula is C16H24BF2N3O3. The molecule has 1 aromatic carbocycles. The Morgan fingerprint density at radius 1 is 1.16 bits per heavy atom. The predicted octanol–water partition coefficient (Wildman–Crippen LogP) is 1.69. The van der Waals surface area contributed by atoms with Crippen LogP contribution in [0.2, 0.25) is 0 Å². The van der Waals surface area contributed by atoms with Gasteiger partial charge in [0.15, 0.2) is 11.6 Å². The van der Waals surface area contributed by atoms with Gasteiger partial charge in [-0.3, -0.25) is 5.01 Å². The second-order valence-electron chi connectivity index (χ2n) is 8.21. The van der Waals surface area contributed by atoms with E-state index >= 15 is 0 Å². The fourth-order valence-corrected chi connectivity index (χ4v) is 2.83. The van der Waals surface area contributed by atoms with Crippen molar-refractivity contribution in [1.82, 2.24) is 5.53 Å². The van der Waals surface area contributed by atoms with E-state index in [4.69, 9.17) is 9.31 Å². The molecule has 9 heteroatoms. The number of hydrogen-bond donors (Lipinski definition) is 3. The minimum Gasteiger partial charge on any atom is -0.399 e. The maximum Gasteiger partial charge on any atom is 0.498 e. The van der Waals surface area contributed by atoms with Crippen LogP contribution in [0.15, 0.2) is 6.07 Å². The van der Waals surface area contributed by atoms with Crippen LogP contribution in [0.4, 0.5) is 20.2 Å². The Bertz CT molecular complexity index is 691. The summed E-state index contributed by atoms with van der Waals surface area (Å²) in [4.78, 5) is 0. The summed E-state index contributed by atoms with van der Waals surface area (Å²) in [6, 6.07) is 1.47. The molecule has 0 saturated carbocycles. The summed E-state index contributed by atoms with van der Waals surface area (Å²) < 4.78 is 41.1. The number of nitrogens with zero attached hydrogens (tertiary/aromatic N) is 1. The number of nitrogens with one attached hydrogen (secondary N) is 2. The topological polar surface area (TPSA) is 66.0 Å². The van der Waals surface area contributed by atoms with Crippen LogP contribution in [0.25, 0.3) is 0 Å². The van der Waals surface area contributed by atoms with Crippen LogP contribution in [0.5, 0.6) is 0 Å². The van der Waals surface area contributed by atoms with Crippen molar-refractivity contribution in [2.75, 3.05) is 17.0 Å². The molecule has 0 aliphatic carbocycles. The van der Waals surface area contributed by atoms with Crippen LogP contribution in [0.1, 0.15) is 41.5 Å². The average molecular weight is 355 g/mol. The highest BCUT2D eigenvalue weighted by atomic mass is 19.2. The quantitative estimate of drug-likeness (QED) is 0.718. The zero-order valence-corrected chi connectivity index (χ0v) is 15.3. The van der Waals surface area contributed by atoms with Crippen molar-refractivity contribution in [2.24, 2.45) is 0 Å². The highest BCUT2D eigenvalue weighted by molar-refractivity contribution is 6.62. The molecule has 0 aromatic heterocycles. The molecule has 2 aliphatic rings. The lowest BCUT2D eigenvalue weighted by atomic mass is 9.78. The van der Waals surface area contributed by atoms with Crippen LogP contribution in [-0.4, -0.2) is 35.6 Å². The van der Waals surface area contributed by atoms with Gasteiger partial charge in [0.1, 0.15) is 5.69 Å². The van der Waals surface area contributed by atoms with Gasteiger partial charge in [-0.15, -0.1) is 5.53 Å². The molecule has 2 heterocycles. The number of anilines is 2. The Hall–Kier alpha value is -1.42. The van der Waals surface area contributed by atoms with Crippen LogP contribution in [-0.2, 0) is 9.31 Å². The van der Waals surface area contributed by atoms with Crippen molar-refractivity contribution >= 4 is 24.0 Å². The summed E-state index contributed by atoms with van der Waals surface area (Å²) in [7, 11) is -1.00. The molecule has 3 rings (SSSR count). The molecular weight excluding hydrogens is 331 g/mol. The van der Waals surface area contributed by atoms with Crippen molar-refractivity contribution in [3.8, 4) is 0 Å². The fraction of sp³-hybridized carbons (Fsp3) is 0.625. The van der Waals surface area contributed by atoms with Gasteiger partial charge in [-0.25, -0.2) is 8.78 Å². The van der Waals surface area contributed by atoms with Crippen molar-refractivity contribution in [3.05, 3.63) is 17.7 Å². The molecule has 3 N–H and O–H groups in total. The Balaban J connectivity index is 1.97. The summed E-state index contributed by atoms with van der Waals surface area (Å²) in [5, 5.41) is 11.3. The SMILES string of the molecule is CC(C)(O)CN1NNc2cc(B3OC(C)(C)C(C)(C)O3)c(F)c(F)c21. The van der Waals surface area contributed by atoms with Gasteiger partial charge in [-0.1, -0.05) is 0 Å². The normalized spacial score (nSPS) is 21.5. The minimum atomic E-state index is -1.09. The molecule has 0 atom stereocenters. The largest absolute Gasteiger partial charge is 0.498 e. The number of hydrogen-bond acceptors (Lipinski definition) is 6. The first-order valence-corrected chi connectivity index (χ1v) is 8.21. The molecule has 0 amide bonds. The fourth-order valence-electron chi connectivity index (χ4n) is 2.83. The van der Waals surface area contributed by atoms with Gasteiger partial charge in [0.25, 0.3) is 0 Å². The maximum atomic E-state index is 14.7. The van der Waals surface area contributed by atoms with E-state index in [0.717, 1.165) is 0 Å². The molecule has 138 valence electrons. The summed E-state index contributed by atoms with van der Waals surface area (Å²) >= 11 is 0. The van der Waals surface area contributed by atoms with Crippen LogP contribution in [0, 0.1) is 11.6 Å². The number of aliphatic hydroxyl groups is 1. The lowest BCUT2D eigenvalue weighted by Gasteiger charge is -2.32. The lowest BCUT2D eigenvalue weighted by Crippen LogP contribution is -2.45. The van der Waals surface area contributed by atoms with Gasteiger partial charge >= 0.3 is 7.12 Å². The second kappa shape index (κ2) is 5.54. The number of halogens is 2. The Kier molecular flexibility index (Phi) is 4.07. The van der Waals surface area contributed by atoms with Crippen LogP contribution >= 0.6 is 0 Å². The number of hydrazine groups is 2. The lowest BCUT2D eigenvalue weighted by molar-refractivity contribution is 0.00578. The molecule has 6 nitrogen and oxygen atoms in total. The second-order valence-corrected chi connectivity index (χ2v) is 8.21. The van der Waals surface area contributed by atoms with Crippen molar-refractivity contribution in [3.63, 3.8) is 0 Å². The van der Waals surface area contributed by atoms with Gasteiger partial charge in [0.05, 0.1) is 29.0 Å². The van der Waals surface area contributed by atoms with E-state index in [-0.39, 0.29) is 17.7 Å². The van der Waals surface area contributed by atoms with E-state index in [1.165, 1.54) is 11.1 Å². The first kappa shape index (κ1) is 18.4. The Labute approximate surface area is 146 Å². The summed E-state index contributed by atoms with van der Waals surface area (Å²) in [6.45, 7) is 10.6. The minimum absolute atomic E-state index is 0.00527. The highest BCUT2D eigenvalue weighted by Crippen LogP contribution is 2.39. The monoisotopic (exact) mass is 355 g/mol. The molecule has 0 spiro atoms. The highest BCUT2D eigenvalue weighted by Gasteiger charge is 2.53. The third-order valence-corrected chi connectivity index (χ3v) is 4.86. The van der Waals surface area contributed by atoms with Crippen molar-refractivity contribution < 1.29 is 23.2 Å². The molecule has 25 heavy (non-hydrogen) atoms. The standard InChI is InChI=1S/C16H24BF2N3O3/c1-14(2,23)8-22-13-10(20-21-22)7-9(11(18)12(13)19)17-24-15(3,4)16(5,6)25-17/h7,20-21,23H,8H2,1-6H3. The summed E-state index contributed by atoms with van der Waals surface area (Å²) in [5.74, 6) is -2.05. The Morgan fingerprint density at radius 3 is 2.24 bits per heavy atom. The molecule has 0 unspecified atom stereocenters. The zero-order chi connectivity index (χ0) is 18.8. The van der Waals surface area contributed by atoms with Gasteiger partial charge in [-0.05, 0) is 47.6 Å². The molecule has 0 bridgehead atoms. The maximum absolute atomic E-state index is 14.7. The molecule has 0 radical (unpaired) electrons. The molecule has 1 aromatic rings. The summed E-state index contributed by atoms with van der Waals surface area (Å²) in [6.07, 6.45) is 0. The van der Waals surface area contributed by atoms with E-state index in [2.05, 4.69) is 11.0 Å². The van der Waals surface area contributed by atoms with E-state index in [1.807, 2.05) is 27.7 Å². The zero-order valence-electron chi connectivity index (χ0n) is 15.3. The molecule has 1 fully saturated rings. The third kappa shape index (κ3) is 3.10. The van der Waals surface area contributed by atoms with E-state index in [1.54, 1.807) is 13.8 Å². The van der Waals surface area contributed by atoms with E-state index < -0.39 is 35.6 Å². The number of β-amino-alcohol motifs (C(OH)–C–C–N with tert-alkyl or cyclic N) is 1. The van der Waals surface area contributed by atoms with Gasteiger partial charge in [0.2, 0.25) is 0 Å². The molecule has 2 aliphatic heterocycles. The van der Waals surface area contributed by atoms with Crippen LogP contribution < -0.4 is 21.4 Å². The number of benzene rings is 1. The Morgan fingerprint density at radius 2 is 1.72 bits per heavy atom. The first-order chi connectivity index (χ1) is 11.3. The predicted molar refractivity (Wildman–Crippen MR) is 92.5 cm³/mol. The van der Waals surface area contributed by atoms with Crippen LogP contribution in [0.3, 0.4) is 0 Å². The van der Waals surface area contributed by atoms with E-state index in [9.17, 15) is 13.9 Å². The first-order valence-electron chi connectivity index (χ1n) is 8.21.